The zero-order valence-electron chi connectivity index (χ0n) is 11.1. The minimum Gasteiger partial charge on any atom is -0.480 e. The fraction of sp³-hybridized carbons (Fsp3) is 0.188. The molecule has 3 N–H and O–H groups in total. The number of aryl methyl sites for hydroxylation is 1. The third kappa shape index (κ3) is 2.08. The molecule has 0 heterocycles. The molecule has 1 atom stereocenters. The van der Waals surface area contributed by atoms with Crippen LogP contribution in [0, 0.1) is 6.92 Å². The molecule has 0 amide bonds. The van der Waals surface area contributed by atoms with Gasteiger partial charge in [-0.05, 0) is 36.6 Å². The molecule has 2 aromatic rings. The van der Waals surface area contributed by atoms with Crippen molar-refractivity contribution >= 4 is 11.7 Å². The summed E-state index contributed by atoms with van der Waals surface area (Å²) < 4.78 is 0. The average Bonchev–Trinajstić information content (AvgIpc) is 2.38. The number of benzene rings is 2. The second kappa shape index (κ2) is 4.76. The van der Waals surface area contributed by atoms with E-state index in [0.29, 0.717) is 11.3 Å². The molecular weight excluding hydrogens is 238 g/mol. The van der Waals surface area contributed by atoms with Crippen molar-refractivity contribution in [3.8, 4) is 0 Å². The van der Waals surface area contributed by atoms with E-state index in [1.54, 1.807) is 25.1 Å². The lowest BCUT2D eigenvalue weighted by atomic mass is 9.74. The first kappa shape index (κ1) is 13.1. The highest BCUT2D eigenvalue weighted by molar-refractivity contribution is 5.88. The van der Waals surface area contributed by atoms with Crippen LogP contribution >= 0.6 is 0 Å². The van der Waals surface area contributed by atoms with Crippen LogP contribution in [0.5, 0.6) is 0 Å². The Morgan fingerprint density at radius 2 is 1.58 bits per heavy atom. The number of hydrogen-bond donors (Lipinski definition) is 2. The summed E-state index contributed by atoms with van der Waals surface area (Å²) in [6, 6.07) is 14.6. The van der Waals surface area contributed by atoms with Gasteiger partial charge >= 0.3 is 5.97 Å². The predicted molar refractivity (Wildman–Crippen MR) is 76.1 cm³/mol. The van der Waals surface area contributed by atoms with Crippen LogP contribution in [0.2, 0.25) is 0 Å². The van der Waals surface area contributed by atoms with Gasteiger partial charge in [-0.2, -0.15) is 0 Å². The Balaban J connectivity index is 2.73. The number of nitrogens with two attached hydrogens (primary N) is 1. The lowest BCUT2D eigenvalue weighted by molar-refractivity contribution is -0.141. The smallest absolute Gasteiger partial charge is 0.318 e. The summed E-state index contributed by atoms with van der Waals surface area (Å²) >= 11 is 0. The molecule has 3 heteroatoms. The quantitative estimate of drug-likeness (QED) is 0.829. The molecule has 2 rings (SSSR count). The van der Waals surface area contributed by atoms with Gasteiger partial charge in [-0.3, -0.25) is 4.79 Å². The maximum Gasteiger partial charge on any atom is 0.318 e. The van der Waals surface area contributed by atoms with Gasteiger partial charge in [0.05, 0.1) is 0 Å². The molecule has 0 spiro atoms. The highest BCUT2D eigenvalue weighted by Crippen LogP contribution is 2.37. The number of hydrogen-bond acceptors (Lipinski definition) is 2. The molecule has 0 bridgehead atoms. The summed E-state index contributed by atoms with van der Waals surface area (Å²) in [5.74, 6) is -0.903. The Morgan fingerprint density at radius 1 is 1.05 bits per heavy atom. The Labute approximate surface area is 112 Å². The Hall–Kier alpha value is -2.29. The van der Waals surface area contributed by atoms with Crippen molar-refractivity contribution in [2.24, 2.45) is 0 Å². The fourth-order valence-electron chi connectivity index (χ4n) is 2.46. The average molecular weight is 255 g/mol. The highest BCUT2D eigenvalue weighted by atomic mass is 16.4. The van der Waals surface area contributed by atoms with Crippen LogP contribution in [-0.2, 0) is 10.2 Å². The summed E-state index contributed by atoms with van der Waals surface area (Å²) in [6.45, 7) is 3.61. The summed E-state index contributed by atoms with van der Waals surface area (Å²) in [6.07, 6.45) is 0. The van der Waals surface area contributed by atoms with Crippen LogP contribution in [0.15, 0.2) is 48.5 Å². The number of carbonyl (C=O) groups is 1. The van der Waals surface area contributed by atoms with Gasteiger partial charge in [0.15, 0.2) is 0 Å². The topological polar surface area (TPSA) is 63.3 Å². The molecule has 0 aliphatic rings. The zero-order valence-corrected chi connectivity index (χ0v) is 11.1. The van der Waals surface area contributed by atoms with Crippen molar-refractivity contribution in [1.29, 1.82) is 0 Å². The third-order valence-corrected chi connectivity index (χ3v) is 3.61. The van der Waals surface area contributed by atoms with Crippen LogP contribution in [0.25, 0.3) is 0 Å². The Bertz CT molecular complexity index is 574. The lowest BCUT2D eigenvalue weighted by Crippen LogP contribution is -2.35. The lowest BCUT2D eigenvalue weighted by Gasteiger charge is -2.28. The Morgan fingerprint density at radius 3 is 2.11 bits per heavy atom. The van der Waals surface area contributed by atoms with Crippen LogP contribution in [0.3, 0.4) is 0 Å². The van der Waals surface area contributed by atoms with E-state index in [2.05, 4.69) is 0 Å². The van der Waals surface area contributed by atoms with E-state index in [1.807, 2.05) is 37.3 Å². The number of carboxylic acids is 1. The Kier molecular flexibility index (Phi) is 3.30. The van der Waals surface area contributed by atoms with E-state index in [0.717, 1.165) is 11.1 Å². The van der Waals surface area contributed by atoms with E-state index >= 15 is 0 Å². The standard InChI is InChI=1S/C16H17NO2/c1-11-7-3-4-8-12(11)16(2,15(18)19)13-9-5-6-10-14(13)17/h3-10H,17H2,1-2H3,(H,18,19). The van der Waals surface area contributed by atoms with Crippen LogP contribution in [0.1, 0.15) is 23.6 Å². The molecule has 98 valence electrons. The molecule has 2 aromatic carbocycles. The second-order valence-corrected chi connectivity index (χ2v) is 4.83. The maximum absolute atomic E-state index is 11.9. The minimum absolute atomic E-state index is 0.496. The SMILES string of the molecule is Cc1ccccc1C(C)(C(=O)O)c1ccccc1N. The first-order valence-corrected chi connectivity index (χ1v) is 6.12. The van der Waals surface area contributed by atoms with Crippen molar-refractivity contribution in [1.82, 2.24) is 0 Å². The maximum atomic E-state index is 11.9. The largest absolute Gasteiger partial charge is 0.480 e. The number of anilines is 1. The summed E-state index contributed by atoms with van der Waals surface area (Å²) in [5.41, 5.74) is 7.65. The first-order chi connectivity index (χ1) is 8.98. The predicted octanol–water partition coefficient (Wildman–Crippen LogP) is 2.97. The molecule has 0 saturated carbocycles. The molecular formula is C16H17NO2. The normalized spacial score (nSPS) is 13.8. The molecule has 19 heavy (non-hydrogen) atoms. The molecule has 0 saturated heterocycles. The van der Waals surface area contributed by atoms with E-state index < -0.39 is 11.4 Å². The van der Waals surface area contributed by atoms with Crippen LogP contribution in [0.4, 0.5) is 5.69 Å². The molecule has 3 nitrogen and oxygen atoms in total. The molecule has 0 radical (unpaired) electrons. The first-order valence-electron chi connectivity index (χ1n) is 6.12. The van der Waals surface area contributed by atoms with Crippen molar-refractivity contribution in [3.63, 3.8) is 0 Å². The second-order valence-electron chi connectivity index (χ2n) is 4.83. The minimum atomic E-state index is -1.14. The van der Waals surface area contributed by atoms with Gasteiger partial charge in [-0.15, -0.1) is 0 Å². The molecule has 0 fully saturated rings. The van der Waals surface area contributed by atoms with Gasteiger partial charge in [0.2, 0.25) is 0 Å². The molecule has 1 unspecified atom stereocenters. The molecule has 0 aliphatic heterocycles. The van der Waals surface area contributed by atoms with Gasteiger partial charge < -0.3 is 10.8 Å². The van der Waals surface area contributed by atoms with Crippen molar-refractivity contribution in [3.05, 3.63) is 65.2 Å². The highest BCUT2D eigenvalue weighted by Gasteiger charge is 2.39. The number of carboxylic acid groups (broad SMARTS) is 1. The van der Waals surface area contributed by atoms with Gasteiger partial charge in [0.1, 0.15) is 5.41 Å². The third-order valence-electron chi connectivity index (χ3n) is 3.61. The van der Waals surface area contributed by atoms with E-state index in [-0.39, 0.29) is 0 Å². The number of rotatable bonds is 3. The van der Waals surface area contributed by atoms with Gasteiger partial charge in [0, 0.05) is 5.69 Å². The van der Waals surface area contributed by atoms with Gasteiger partial charge in [-0.1, -0.05) is 42.5 Å². The summed E-state index contributed by atoms with van der Waals surface area (Å²) in [4.78, 5) is 11.9. The van der Waals surface area contributed by atoms with E-state index in [9.17, 15) is 9.90 Å². The van der Waals surface area contributed by atoms with Crippen LogP contribution < -0.4 is 5.73 Å². The number of aliphatic carboxylic acids is 1. The van der Waals surface area contributed by atoms with Gasteiger partial charge in [-0.25, -0.2) is 0 Å². The van der Waals surface area contributed by atoms with Crippen molar-refractivity contribution in [2.75, 3.05) is 5.73 Å². The van der Waals surface area contributed by atoms with Crippen LogP contribution in [-0.4, -0.2) is 11.1 Å². The van der Waals surface area contributed by atoms with Gasteiger partial charge in [0.25, 0.3) is 0 Å². The number of nitrogen functional groups attached to an aromatic ring is 1. The molecule has 0 aromatic heterocycles. The van der Waals surface area contributed by atoms with E-state index in [1.165, 1.54) is 0 Å². The monoisotopic (exact) mass is 255 g/mol. The summed E-state index contributed by atoms with van der Waals surface area (Å²) in [7, 11) is 0. The van der Waals surface area contributed by atoms with Crippen molar-refractivity contribution in [2.45, 2.75) is 19.3 Å². The zero-order chi connectivity index (χ0) is 14.0. The fourth-order valence-corrected chi connectivity index (χ4v) is 2.46. The molecule has 0 aliphatic carbocycles. The van der Waals surface area contributed by atoms with Crippen molar-refractivity contribution < 1.29 is 9.90 Å². The van der Waals surface area contributed by atoms with E-state index in [4.69, 9.17) is 5.73 Å². The number of para-hydroxylation sites is 1. The summed E-state index contributed by atoms with van der Waals surface area (Å²) in [5, 5.41) is 9.73.